The molecule has 1 aliphatic rings. The van der Waals surface area contributed by atoms with E-state index < -0.39 is 0 Å². The number of ether oxygens (including phenoxy) is 3. The molecule has 2 atom stereocenters. The average molecular weight is 251 g/mol. The number of nitrogens with two attached hydrogens (primary N) is 1. The summed E-state index contributed by atoms with van der Waals surface area (Å²) in [6, 6.07) is 5.77. The van der Waals surface area contributed by atoms with Gasteiger partial charge in [0, 0.05) is 31.2 Å². The molecule has 18 heavy (non-hydrogen) atoms. The van der Waals surface area contributed by atoms with Crippen LogP contribution in [0.1, 0.15) is 31.4 Å². The first kappa shape index (κ1) is 13.2. The Morgan fingerprint density at radius 1 is 1.44 bits per heavy atom. The zero-order valence-corrected chi connectivity index (χ0v) is 11.2. The summed E-state index contributed by atoms with van der Waals surface area (Å²) >= 11 is 0. The van der Waals surface area contributed by atoms with Gasteiger partial charge < -0.3 is 19.9 Å². The Hall–Kier alpha value is -1.26. The molecule has 4 nitrogen and oxygen atoms in total. The van der Waals surface area contributed by atoms with Gasteiger partial charge in [-0.15, -0.1) is 0 Å². The Morgan fingerprint density at radius 2 is 2.22 bits per heavy atom. The first-order valence-electron chi connectivity index (χ1n) is 6.25. The van der Waals surface area contributed by atoms with Crippen LogP contribution in [-0.2, 0) is 4.74 Å². The third-order valence-electron chi connectivity index (χ3n) is 3.59. The fraction of sp³-hybridized carbons (Fsp3) is 0.571. The predicted molar refractivity (Wildman–Crippen MR) is 70.1 cm³/mol. The van der Waals surface area contributed by atoms with Crippen LogP contribution < -0.4 is 15.2 Å². The summed E-state index contributed by atoms with van der Waals surface area (Å²) in [7, 11) is 3.33. The summed E-state index contributed by atoms with van der Waals surface area (Å²) in [6.07, 6.45) is 1.64. The zero-order valence-electron chi connectivity index (χ0n) is 11.2. The second-order valence-electron chi connectivity index (χ2n) is 4.79. The second-order valence-corrected chi connectivity index (χ2v) is 4.79. The van der Waals surface area contributed by atoms with E-state index in [1.165, 1.54) is 0 Å². The molecule has 0 bridgehead atoms. The molecule has 0 fully saturated rings. The summed E-state index contributed by atoms with van der Waals surface area (Å²) in [6.45, 7) is 2.64. The summed E-state index contributed by atoms with van der Waals surface area (Å²) in [4.78, 5) is 0. The van der Waals surface area contributed by atoms with Crippen molar-refractivity contribution in [3.8, 4) is 11.5 Å². The van der Waals surface area contributed by atoms with Crippen LogP contribution in [0.25, 0.3) is 0 Å². The Morgan fingerprint density at radius 3 is 2.83 bits per heavy atom. The van der Waals surface area contributed by atoms with Gasteiger partial charge in [0.2, 0.25) is 0 Å². The minimum Gasteiger partial charge on any atom is -0.497 e. The molecule has 0 saturated carbocycles. The van der Waals surface area contributed by atoms with Gasteiger partial charge in [0.1, 0.15) is 17.1 Å². The maximum Gasteiger partial charge on any atom is 0.134 e. The number of fused-ring (bicyclic) bond motifs is 1. The Labute approximate surface area is 108 Å². The summed E-state index contributed by atoms with van der Waals surface area (Å²) in [5, 5.41) is 0. The molecule has 0 aromatic heterocycles. The minimum absolute atomic E-state index is 0.0187. The lowest BCUT2D eigenvalue weighted by molar-refractivity contribution is -0.0338. The summed E-state index contributed by atoms with van der Waals surface area (Å²) in [5.41, 5.74) is 6.96. The number of hydrogen-bond donors (Lipinski definition) is 1. The van der Waals surface area contributed by atoms with Gasteiger partial charge >= 0.3 is 0 Å². The lowest BCUT2D eigenvalue weighted by Gasteiger charge is -2.40. The normalized spacial score (nSPS) is 26.3. The van der Waals surface area contributed by atoms with Gasteiger partial charge in [0.05, 0.1) is 13.7 Å². The molecule has 0 amide bonds. The van der Waals surface area contributed by atoms with Crippen molar-refractivity contribution < 1.29 is 14.2 Å². The van der Waals surface area contributed by atoms with E-state index in [2.05, 4.69) is 6.92 Å². The third-order valence-corrected chi connectivity index (χ3v) is 3.59. The van der Waals surface area contributed by atoms with Crippen molar-refractivity contribution in [2.45, 2.75) is 31.4 Å². The van der Waals surface area contributed by atoms with Crippen LogP contribution in [0.5, 0.6) is 11.5 Å². The van der Waals surface area contributed by atoms with E-state index in [4.69, 9.17) is 19.9 Å². The Bertz CT molecular complexity index is 422. The first-order valence-corrected chi connectivity index (χ1v) is 6.25. The molecular formula is C14H21NO3. The van der Waals surface area contributed by atoms with Crippen LogP contribution in [0, 0.1) is 0 Å². The summed E-state index contributed by atoms with van der Waals surface area (Å²) in [5.74, 6) is 1.59. The molecule has 4 heteroatoms. The van der Waals surface area contributed by atoms with E-state index in [0.717, 1.165) is 29.9 Å². The van der Waals surface area contributed by atoms with Gasteiger partial charge in [-0.25, -0.2) is 0 Å². The lowest BCUT2D eigenvalue weighted by Crippen LogP contribution is -2.46. The molecule has 100 valence electrons. The Balaban J connectivity index is 2.35. The van der Waals surface area contributed by atoms with Gasteiger partial charge in [0.15, 0.2) is 0 Å². The van der Waals surface area contributed by atoms with Gasteiger partial charge in [-0.3, -0.25) is 0 Å². The van der Waals surface area contributed by atoms with Crippen molar-refractivity contribution in [2.75, 3.05) is 20.8 Å². The average Bonchev–Trinajstić information content (AvgIpc) is 2.38. The van der Waals surface area contributed by atoms with E-state index in [1.54, 1.807) is 14.2 Å². The molecule has 1 heterocycles. The van der Waals surface area contributed by atoms with Crippen molar-refractivity contribution in [1.29, 1.82) is 0 Å². The maximum atomic E-state index is 6.24. The van der Waals surface area contributed by atoms with Crippen LogP contribution in [-0.4, -0.2) is 26.4 Å². The highest BCUT2D eigenvalue weighted by Gasteiger charge is 2.38. The smallest absolute Gasteiger partial charge is 0.134 e. The van der Waals surface area contributed by atoms with E-state index in [0.29, 0.717) is 6.61 Å². The largest absolute Gasteiger partial charge is 0.497 e. The quantitative estimate of drug-likeness (QED) is 0.892. The van der Waals surface area contributed by atoms with Crippen LogP contribution in [0.15, 0.2) is 18.2 Å². The first-order chi connectivity index (χ1) is 8.64. The number of hydrogen-bond acceptors (Lipinski definition) is 4. The minimum atomic E-state index is -0.326. The molecule has 1 unspecified atom stereocenters. The van der Waals surface area contributed by atoms with E-state index >= 15 is 0 Å². The standard InChI is InChI=1S/C14H21NO3/c1-4-14(9-16-2)8-12(15)11-6-5-10(17-3)7-13(11)18-14/h5-7,12H,4,8-9,15H2,1-3H3/t12-,14?/m0/s1. The predicted octanol–water partition coefficient (Wildman–Crippen LogP) is 2.27. The zero-order chi connectivity index (χ0) is 13.2. The monoisotopic (exact) mass is 251 g/mol. The fourth-order valence-corrected chi connectivity index (χ4v) is 2.49. The van der Waals surface area contributed by atoms with Crippen molar-refractivity contribution in [3.05, 3.63) is 23.8 Å². The molecule has 1 aromatic rings. The third kappa shape index (κ3) is 2.31. The van der Waals surface area contributed by atoms with Gasteiger partial charge in [0.25, 0.3) is 0 Å². The van der Waals surface area contributed by atoms with Crippen LogP contribution in [0.2, 0.25) is 0 Å². The molecule has 0 saturated heterocycles. The molecule has 2 N–H and O–H groups in total. The second kappa shape index (κ2) is 5.16. The van der Waals surface area contributed by atoms with Crippen molar-refractivity contribution in [1.82, 2.24) is 0 Å². The molecule has 2 rings (SSSR count). The van der Waals surface area contributed by atoms with E-state index in [9.17, 15) is 0 Å². The van der Waals surface area contributed by atoms with Crippen molar-refractivity contribution in [3.63, 3.8) is 0 Å². The van der Waals surface area contributed by atoms with Crippen LogP contribution in [0.3, 0.4) is 0 Å². The van der Waals surface area contributed by atoms with Crippen LogP contribution >= 0.6 is 0 Å². The van der Waals surface area contributed by atoms with Crippen molar-refractivity contribution in [2.24, 2.45) is 5.73 Å². The Kier molecular flexibility index (Phi) is 3.78. The topological polar surface area (TPSA) is 53.7 Å². The summed E-state index contributed by atoms with van der Waals surface area (Å²) < 4.78 is 16.6. The van der Waals surface area contributed by atoms with Gasteiger partial charge in [-0.1, -0.05) is 13.0 Å². The SMILES string of the molecule is CCC1(COC)C[C@H](N)c2ccc(OC)cc2O1. The van der Waals surface area contributed by atoms with Gasteiger partial charge in [-0.05, 0) is 12.5 Å². The van der Waals surface area contributed by atoms with Crippen LogP contribution in [0.4, 0.5) is 0 Å². The van der Waals surface area contributed by atoms with E-state index in [-0.39, 0.29) is 11.6 Å². The highest BCUT2D eigenvalue weighted by molar-refractivity contribution is 5.44. The molecule has 0 aliphatic carbocycles. The molecular weight excluding hydrogens is 230 g/mol. The highest BCUT2D eigenvalue weighted by atomic mass is 16.5. The number of methoxy groups -OCH3 is 2. The highest BCUT2D eigenvalue weighted by Crippen LogP contribution is 2.41. The van der Waals surface area contributed by atoms with E-state index in [1.807, 2.05) is 18.2 Å². The fourth-order valence-electron chi connectivity index (χ4n) is 2.49. The lowest BCUT2D eigenvalue weighted by atomic mass is 9.86. The van der Waals surface area contributed by atoms with Gasteiger partial charge in [-0.2, -0.15) is 0 Å². The number of rotatable bonds is 4. The number of benzene rings is 1. The maximum absolute atomic E-state index is 6.24. The molecule has 1 aromatic carbocycles. The molecule has 0 spiro atoms. The molecule has 0 radical (unpaired) electrons. The van der Waals surface area contributed by atoms with Crippen molar-refractivity contribution >= 4 is 0 Å². The molecule has 1 aliphatic heterocycles.